The zero-order valence-corrected chi connectivity index (χ0v) is 21.2. The number of nitrogens with one attached hydrogen (secondary N) is 2. The Morgan fingerprint density at radius 1 is 1.19 bits per heavy atom. The summed E-state index contributed by atoms with van der Waals surface area (Å²) in [7, 11) is 1.86. The van der Waals surface area contributed by atoms with E-state index in [0.29, 0.717) is 29.2 Å². The average molecular weight is 509 g/mol. The van der Waals surface area contributed by atoms with Gasteiger partial charge in [-0.1, -0.05) is 6.92 Å². The van der Waals surface area contributed by atoms with E-state index in [2.05, 4.69) is 37.6 Å². The van der Waals surface area contributed by atoms with Crippen LogP contribution in [0, 0.1) is 6.92 Å². The molecule has 4 aromatic rings. The molecular weight excluding hydrogens is 480 g/mol. The number of thiazole rings is 1. The highest BCUT2D eigenvalue weighted by atomic mass is 32.1. The lowest BCUT2D eigenvalue weighted by Gasteiger charge is -2.31. The highest BCUT2D eigenvalue weighted by Crippen LogP contribution is 2.30. The fraction of sp³-hybridized carbons (Fsp3) is 0.375. The molecule has 2 amide bonds. The summed E-state index contributed by atoms with van der Waals surface area (Å²) in [4.78, 5) is 33.9. The van der Waals surface area contributed by atoms with Gasteiger partial charge in [0.1, 0.15) is 4.83 Å². The molecule has 1 saturated heterocycles. The standard InChI is InChI=1S/C24H28N8O3S/c1-4-18-12-31(5-6-35-18)14-22(33)28-17-7-20(15(2)25-9-17)29-23(34)19-10-27-32-13-21(36-24(19)32)16-8-26-30(3)11-16/h7-11,13,18H,4-6,12,14H2,1-3H3,(H,28,33)(H,29,34)/t18-/m1/s1. The van der Waals surface area contributed by atoms with Crippen molar-refractivity contribution in [3.63, 3.8) is 0 Å². The predicted octanol–water partition coefficient (Wildman–Crippen LogP) is 2.80. The van der Waals surface area contributed by atoms with Crippen LogP contribution in [0.5, 0.6) is 0 Å². The average Bonchev–Trinajstić information content (AvgIpc) is 3.57. The van der Waals surface area contributed by atoms with Crippen LogP contribution in [0.3, 0.4) is 0 Å². The van der Waals surface area contributed by atoms with E-state index in [-0.39, 0.29) is 24.5 Å². The molecule has 0 aliphatic carbocycles. The third-order valence-corrected chi connectivity index (χ3v) is 7.26. The Balaban J connectivity index is 1.27. The van der Waals surface area contributed by atoms with Crippen molar-refractivity contribution in [1.82, 2.24) is 29.3 Å². The smallest absolute Gasteiger partial charge is 0.260 e. The van der Waals surface area contributed by atoms with E-state index in [1.54, 1.807) is 40.8 Å². The first-order valence-corrected chi connectivity index (χ1v) is 12.6. The van der Waals surface area contributed by atoms with Gasteiger partial charge in [-0.15, -0.1) is 11.3 Å². The molecule has 0 saturated carbocycles. The number of anilines is 2. The number of aryl methyl sites for hydroxylation is 2. The lowest BCUT2D eigenvalue weighted by Crippen LogP contribution is -2.45. The van der Waals surface area contributed by atoms with E-state index in [1.165, 1.54) is 11.3 Å². The van der Waals surface area contributed by atoms with Crippen LogP contribution in [0.4, 0.5) is 11.4 Å². The van der Waals surface area contributed by atoms with Crippen molar-refractivity contribution in [2.45, 2.75) is 26.4 Å². The van der Waals surface area contributed by atoms with Crippen LogP contribution >= 0.6 is 11.3 Å². The molecule has 1 fully saturated rings. The van der Waals surface area contributed by atoms with Gasteiger partial charge in [-0.3, -0.25) is 24.2 Å². The molecule has 0 radical (unpaired) electrons. The van der Waals surface area contributed by atoms with E-state index >= 15 is 0 Å². The monoisotopic (exact) mass is 508 g/mol. The molecule has 0 spiro atoms. The van der Waals surface area contributed by atoms with Gasteiger partial charge in [-0.05, 0) is 19.4 Å². The Labute approximate surface area is 212 Å². The van der Waals surface area contributed by atoms with Crippen molar-refractivity contribution in [2.75, 3.05) is 36.9 Å². The molecule has 5 rings (SSSR count). The molecule has 36 heavy (non-hydrogen) atoms. The van der Waals surface area contributed by atoms with Gasteiger partial charge in [0.15, 0.2) is 0 Å². The largest absolute Gasteiger partial charge is 0.376 e. The summed E-state index contributed by atoms with van der Waals surface area (Å²) in [5, 5.41) is 14.4. The summed E-state index contributed by atoms with van der Waals surface area (Å²) in [6.07, 6.45) is 9.80. The van der Waals surface area contributed by atoms with Crippen LogP contribution in [0.25, 0.3) is 15.3 Å². The fourth-order valence-corrected chi connectivity index (χ4v) is 5.15. The third kappa shape index (κ3) is 5.15. The summed E-state index contributed by atoms with van der Waals surface area (Å²) in [5.74, 6) is -0.425. The number of hydrogen-bond donors (Lipinski definition) is 2. The number of aromatic nitrogens is 5. The second kappa shape index (κ2) is 10.2. The van der Waals surface area contributed by atoms with Crippen LogP contribution in [0.2, 0.25) is 0 Å². The van der Waals surface area contributed by atoms with Gasteiger partial charge in [-0.2, -0.15) is 10.2 Å². The van der Waals surface area contributed by atoms with Crippen LogP contribution in [0.15, 0.2) is 37.1 Å². The highest BCUT2D eigenvalue weighted by Gasteiger charge is 2.21. The van der Waals surface area contributed by atoms with Gasteiger partial charge in [0, 0.05) is 38.1 Å². The Morgan fingerprint density at radius 2 is 2.06 bits per heavy atom. The number of amides is 2. The number of nitrogens with zero attached hydrogens (tertiary/aromatic N) is 6. The number of morpholine rings is 1. The minimum Gasteiger partial charge on any atom is -0.376 e. The Bertz CT molecular complexity index is 1410. The van der Waals surface area contributed by atoms with E-state index in [9.17, 15) is 9.59 Å². The van der Waals surface area contributed by atoms with Crippen LogP contribution in [0.1, 0.15) is 29.4 Å². The van der Waals surface area contributed by atoms with Gasteiger partial charge in [0.25, 0.3) is 5.91 Å². The molecule has 0 unspecified atom stereocenters. The fourth-order valence-electron chi connectivity index (χ4n) is 4.12. The van der Waals surface area contributed by atoms with Crippen molar-refractivity contribution in [2.24, 2.45) is 7.05 Å². The summed E-state index contributed by atoms with van der Waals surface area (Å²) < 4.78 is 9.10. The van der Waals surface area contributed by atoms with Crippen molar-refractivity contribution < 1.29 is 14.3 Å². The normalized spacial score (nSPS) is 16.4. The first kappa shape index (κ1) is 24.1. The predicted molar refractivity (Wildman–Crippen MR) is 137 cm³/mol. The topological polar surface area (TPSA) is 119 Å². The lowest BCUT2D eigenvalue weighted by atomic mass is 10.2. The molecule has 1 atom stereocenters. The zero-order chi connectivity index (χ0) is 25.2. The summed E-state index contributed by atoms with van der Waals surface area (Å²) in [6.45, 7) is 6.26. The lowest BCUT2D eigenvalue weighted by molar-refractivity contribution is -0.119. The molecule has 2 N–H and O–H groups in total. The second-order valence-corrected chi connectivity index (χ2v) is 9.83. The van der Waals surface area contributed by atoms with Crippen molar-refractivity contribution in [1.29, 1.82) is 0 Å². The molecule has 1 aliphatic heterocycles. The SMILES string of the molecule is CC[C@@H]1CN(CC(=O)Nc2cnc(C)c(NC(=O)c3cnn4cc(-c5cnn(C)c5)sc34)c2)CCO1. The maximum atomic E-state index is 13.1. The first-order valence-electron chi connectivity index (χ1n) is 11.8. The maximum absolute atomic E-state index is 13.1. The van der Waals surface area contributed by atoms with Gasteiger partial charge < -0.3 is 15.4 Å². The van der Waals surface area contributed by atoms with E-state index in [0.717, 1.165) is 34.8 Å². The minimum atomic E-state index is -0.295. The summed E-state index contributed by atoms with van der Waals surface area (Å²) in [6, 6.07) is 1.72. The third-order valence-electron chi connectivity index (χ3n) is 6.09. The van der Waals surface area contributed by atoms with Crippen LogP contribution < -0.4 is 10.6 Å². The maximum Gasteiger partial charge on any atom is 0.260 e. The molecule has 1 aliphatic rings. The van der Waals surface area contributed by atoms with Crippen LogP contribution in [-0.4, -0.2) is 73.4 Å². The van der Waals surface area contributed by atoms with E-state index < -0.39 is 0 Å². The summed E-state index contributed by atoms with van der Waals surface area (Å²) >= 11 is 1.47. The Kier molecular flexibility index (Phi) is 6.81. The minimum absolute atomic E-state index is 0.130. The number of fused-ring (bicyclic) bond motifs is 1. The second-order valence-electron chi connectivity index (χ2n) is 8.80. The van der Waals surface area contributed by atoms with Crippen molar-refractivity contribution in [3.05, 3.63) is 48.3 Å². The quantitative estimate of drug-likeness (QED) is 0.394. The van der Waals surface area contributed by atoms with Crippen molar-refractivity contribution in [3.8, 4) is 10.4 Å². The van der Waals surface area contributed by atoms with Crippen LogP contribution in [-0.2, 0) is 16.6 Å². The number of ether oxygens (including phenoxy) is 1. The summed E-state index contributed by atoms with van der Waals surface area (Å²) in [5.41, 5.74) is 3.12. The molecule has 0 bridgehead atoms. The highest BCUT2D eigenvalue weighted by molar-refractivity contribution is 7.21. The molecule has 5 heterocycles. The molecular formula is C24H28N8O3S. The molecule has 4 aromatic heterocycles. The number of carbonyl (C=O) groups is 2. The number of rotatable bonds is 7. The number of carbonyl (C=O) groups excluding carboxylic acids is 2. The number of hydrogen-bond acceptors (Lipinski definition) is 8. The molecule has 11 nitrogen and oxygen atoms in total. The first-order chi connectivity index (χ1) is 17.4. The Morgan fingerprint density at radius 3 is 2.83 bits per heavy atom. The van der Waals surface area contributed by atoms with Gasteiger partial charge in [0.05, 0.1) is 65.4 Å². The number of pyridine rings is 1. The van der Waals surface area contributed by atoms with E-state index in [1.807, 2.05) is 19.4 Å². The van der Waals surface area contributed by atoms with Crippen molar-refractivity contribution >= 4 is 39.4 Å². The van der Waals surface area contributed by atoms with E-state index in [4.69, 9.17) is 4.74 Å². The van der Waals surface area contributed by atoms with Gasteiger partial charge in [-0.25, -0.2) is 4.52 Å². The van der Waals surface area contributed by atoms with Gasteiger partial charge >= 0.3 is 0 Å². The molecule has 12 heteroatoms. The zero-order valence-electron chi connectivity index (χ0n) is 20.4. The molecule has 0 aromatic carbocycles. The Hall–Kier alpha value is -3.61. The molecule has 188 valence electrons. The van der Waals surface area contributed by atoms with Gasteiger partial charge in [0.2, 0.25) is 5.91 Å².